The molecular weight excluding hydrogens is 402 g/mol. The molecule has 0 unspecified atom stereocenters. The van der Waals surface area contributed by atoms with Crippen LogP contribution in [0.25, 0.3) is 5.52 Å². The Kier molecular flexibility index (Phi) is 7.00. The average Bonchev–Trinajstić information content (AvgIpc) is 3.14. The number of ketones is 1. The molecule has 0 atom stereocenters. The van der Waals surface area contributed by atoms with Gasteiger partial charge < -0.3 is 10.6 Å². The first-order valence-corrected chi connectivity index (χ1v) is 10.4. The minimum Gasteiger partial charge on any atom is -0.355 e. The second-order valence-electron chi connectivity index (χ2n) is 7.30. The molecule has 0 fully saturated rings. The molecule has 0 saturated heterocycles. The Labute approximate surface area is 187 Å². The van der Waals surface area contributed by atoms with Crippen LogP contribution in [0.1, 0.15) is 40.4 Å². The van der Waals surface area contributed by atoms with Gasteiger partial charge in [-0.1, -0.05) is 43.8 Å². The highest BCUT2D eigenvalue weighted by atomic mass is 16.1. The number of amides is 1. The number of hydrogen-bond acceptors (Lipinski definition) is 5. The summed E-state index contributed by atoms with van der Waals surface area (Å²) in [4.78, 5) is 29.8. The minimum absolute atomic E-state index is 0.0564. The number of aromatic nitrogens is 3. The summed E-state index contributed by atoms with van der Waals surface area (Å²) in [6, 6.07) is 7.52. The van der Waals surface area contributed by atoms with E-state index in [1.165, 1.54) is 6.33 Å². The quantitative estimate of drug-likeness (QED) is 0.319. The summed E-state index contributed by atoms with van der Waals surface area (Å²) in [5.74, 6) is 0.291. The molecule has 164 valence electrons. The lowest BCUT2D eigenvalue weighted by molar-refractivity contribution is -0.116. The van der Waals surface area contributed by atoms with E-state index in [4.69, 9.17) is 0 Å². The van der Waals surface area contributed by atoms with E-state index in [1.807, 2.05) is 45.0 Å². The molecule has 0 aliphatic carbocycles. The van der Waals surface area contributed by atoms with Crippen LogP contribution in [0.5, 0.6) is 0 Å². The number of hydrogen-bond donors (Lipinski definition) is 2. The summed E-state index contributed by atoms with van der Waals surface area (Å²) in [6.45, 7) is 9.46. The average molecular weight is 430 g/mol. The first-order chi connectivity index (χ1) is 15.4. The maximum Gasteiger partial charge on any atom is 0.251 e. The Hall–Kier alpha value is -4.00. The van der Waals surface area contributed by atoms with Gasteiger partial charge in [-0.25, -0.2) is 9.50 Å². The van der Waals surface area contributed by atoms with Gasteiger partial charge in [-0.15, -0.1) is 0 Å². The highest BCUT2D eigenvalue weighted by Crippen LogP contribution is 2.26. The predicted molar refractivity (Wildman–Crippen MR) is 127 cm³/mol. The standard InChI is InChI=1S/C25H27N5O2/c1-6-10-18(25(32)26-5)13-19(7-2)29-24-22-17(4)21(14-30(22)28-15-27-24)23(31)20-12-9-8-11-16(20)3/h6,8-15H,1,7H2,2-5H3,(H,26,32)(H,27,28,29)/b18-10+,19-13+. The van der Waals surface area contributed by atoms with Crippen molar-refractivity contribution in [1.82, 2.24) is 19.9 Å². The van der Waals surface area contributed by atoms with Crippen molar-refractivity contribution in [3.8, 4) is 0 Å². The zero-order valence-electron chi connectivity index (χ0n) is 18.8. The SMILES string of the molecule is C=C/C=C(\C=C(/CC)Nc1ncnn2cc(C(=O)c3ccccc3C)c(C)c12)C(=O)NC. The number of nitrogens with one attached hydrogen (secondary N) is 2. The Morgan fingerprint density at radius 2 is 1.94 bits per heavy atom. The molecule has 1 amide bonds. The number of allylic oxidation sites excluding steroid dienone is 3. The number of fused-ring (bicyclic) bond motifs is 1. The first kappa shape index (κ1) is 22.7. The largest absolute Gasteiger partial charge is 0.355 e. The first-order valence-electron chi connectivity index (χ1n) is 10.4. The monoisotopic (exact) mass is 429 g/mol. The third kappa shape index (κ3) is 4.51. The Morgan fingerprint density at radius 3 is 2.59 bits per heavy atom. The Balaban J connectivity index is 2.05. The molecule has 7 heteroatoms. The molecule has 2 heterocycles. The van der Waals surface area contributed by atoms with Crippen LogP contribution in [0, 0.1) is 13.8 Å². The molecule has 32 heavy (non-hydrogen) atoms. The second-order valence-corrected chi connectivity index (χ2v) is 7.30. The van der Waals surface area contributed by atoms with Crippen molar-refractivity contribution >= 4 is 23.0 Å². The van der Waals surface area contributed by atoms with E-state index >= 15 is 0 Å². The van der Waals surface area contributed by atoms with Crippen LogP contribution in [0.4, 0.5) is 5.82 Å². The van der Waals surface area contributed by atoms with E-state index in [1.54, 1.807) is 36.0 Å². The lowest BCUT2D eigenvalue weighted by atomic mass is 9.98. The van der Waals surface area contributed by atoms with Crippen molar-refractivity contribution in [2.24, 2.45) is 0 Å². The van der Waals surface area contributed by atoms with Crippen molar-refractivity contribution in [3.05, 3.63) is 95.1 Å². The normalized spacial score (nSPS) is 12.0. The topological polar surface area (TPSA) is 88.4 Å². The number of aryl methyl sites for hydroxylation is 2. The molecule has 0 aliphatic heterocycles. The molecule has 0 bridgehead atoms. The van der Waals surface area contributed by atoms with Gasteiger partial charge in [0.05, 0.1) is 0 Å². The van der Waals surface area contributed by atoms with E-state index in [2.05, 4.69) is 27.3 Å². The molecule has 3 rings (SSSR count). The van der Waals surface area contributed by atoms with E-state index in [0.717, 1.165) is 16.8 Å². The highest BCUT2D eigenvalue weighted by Gasteiger charge is 2.20. The summed E-state index contributed by atoms with van der Waals surface area (Å²) in [7, 11) is 1.58. The number of nitrogens with zero attached hydrogens (tertiary/aromatic N) is 3. The van der Waals surface area contributed by atoms with Crippen molar-refractivity contribution in [2.75, 3.05) is 12.4 Å². The molecule has 3 aromatic rings. The van der Waals surface area contributed by atoms with Gasteiger partial charge in [0.1, 0.15) is 11.8 Å². The number of carbonyl (C=O) groups excluding carboxylic acids is 2. The number of likely N-dealkylation sites (N-methyl/N-ethyl adjacent to an activating group) is 1. The number of benzene rings is 1. The molecule has 2 N–H and O–H groups in total. The molecule has 0 spiro atoms. The van der Waals surface area contributed by atoms with Crippen LogP contribution < -0.4 is 10.6 Å². The van der Waals surface area contributed by atoms with E-state index in [-0.39, 0.29) is 11.7 Å². The summed E-state index contributed by atoms with van der Waals surface area (Å²) >= 11 is 0. The molecule has 1 aromatic carbocycles. The summed E-state index contributed by atoms with van der Waals surface area (Å²) in [5.41, 5.74) is 4.90. The molecule has 2 aromatic heterocycles. The molecule has 0 saturated carbocycles. The maximum atomic E-state index is 13.2. The predicted octanol–water partition coefficient (Wildman–Crippen LogP) is 4.14. The van der Waals surface area contributed by atoms with Gasteiger partial charge in [0, 0.05) is 35.6 Å². The molecular formula is C25H27N5O2. The van der Waals surface area contributed by atoms with Gasteiger partial charge in [-0.3, -0.25) is 9.59 Å². The molecule has 0 aliphatic rings. The van der Waals surface area contributed by atoms with Gasteiger partial charge in [0.2, 0.25) is 0 Å². The maximum absolute atomic E-state index is 13.2. The fourth-order valence-corrected chi connectivity index (χ4v) is 3.48. The summed E-state index contributed by atoms with van der Waals surface area (Å²) in [6.07, 6.45) is 8.77. The second kappa shape index (κ2) is 9.87. The van der Waals surface area contributed by atoms with Crippen molar-refractivity contribution in [2.45, 2.75) is 27.2 Å². The summed E-state index contributed by atoms with van der Waals surface area (Å²) < 4.78 is 1.66. The third-order valence-electron chi connectivity index (χ3n) is 5.24. The van der Waals surface area contributed by atoms with E-state index < -0.39 is 0 Å². The zero-order chi connectivity index (χ0) is 23.3. The van der Waals surface area contributed by atoms with Gasteiger partial charge >= 0.3 is 0 Å². The van der Waals surface area contributed by atoms with Crippen LogP contribution >= 0.6 is 0 Å². The minimum atomic E-state index is -0.213. The number of carbonyl (C=O) groups is 2. The fraction of sp³-hybridized carbons (Fsp3) is 0.200. The molecule has 7 nitrogen and oxygen atoms in total. The third-order valence-corrected chi connectivity index (χ3v) is 5.24. The highest BCUT2D eigenvalue weighted by molar-refractivity contribution is 6.12. The lowest BCUT2D eigenvalue weighted by Gasteiger charge is -2.11. The van der Waals surface area contributed by atoms with Crippen LogP contribution in [0.3, 0.4) is 0 Å². The van der Waals surface area contributed by atoms with Gasteiger partial charge in [-0.2, -0.15) is 5.10 Å². The Bertz CT molecular complexity index is 1250. The fourth-order valence-electron chi connectivity index (χ4n) is 3.48. The van der Waals surface area contributed by atoms with Crippen molar-refractivity contribution in [1.29, 1.82) is 0 Å². The smallest absolute Gasteiger partial charge is 0.251 e. The van der Waals surface area contributed by atoms with Crippen LogP contribution in [-0.4, -0.2) is 33.3 Å². The zero-order valence-corrected chi connectivity index (χ0v) is 18.8. The molecule has 0 radical (unpaired) electrons. The lowest BCUT2D eigenvalue weighted by Crippen LogP contribution is -2.19. The van der Waals surface area contributed by atoms with Gasteiger partial charge in [0.25, 0.3) is 5.91 Å². The van der Waals surface area contributed by atoms with Crippen molar-refractivity contribution < 1.29 is 9.59 Å². The van der Waals surface area contributed by atoms with Crippen molar-refractivity contribution in [3.63, 3.8) is 0 Å². The van der Waals surface area contributed by atoms with Gasteiger partial charge in [0.15, 0.2) is 11.6 Å². The Morgan fingerprint density at radius 1 is 1.19 bits per heavy atom. The van der Waals surface area contributed by atoms with E-state index in [9.17, 15) is 9.59 Å². The van der Waals surface area contributed by atoms with Crippen LogP contribution in [0.2, 0.25) is 0 Å². The van der Waals surface area contributed by atoms with Gasteiger partial charge in [-0.05, 0) is 43.5 Å². The summed E-state index contributed by atoms with van der Waals surface area (Å²) in [5, 5.41) is 10.2. The van der Waals surface area contributed by atoms with Crippen LogP contribution in [0.15, 0.2) is 72.9 Å². The number of rotatable bonds is 8. The van der Waals surface area contributed by atoms with Crippen LogP contribution in [-0.2, 0) is 4.79 Å². The van der Waals surface area contributed by atoms with E-state index in [0.29, 0.717) is 34.5 Å². The number of anilines is 1.